The van der Waals surface area contributed by atoms with Crippen LogP contribution in [0, 0.1) is 0 Å². The number of para-hydroxylation sites is 1. The van der Waals surface area contributed by atoms with Gasteiger partial charge in [0, 0.05) is 17.8 Å². The third-order valence-corrected chi connectivity index (χ3v) is 5.69. The summed E-state index contributed by atoms with van der Waals surface area (Å²) < 4.78 is 36.5. The molecule has 1 aromatic heterocycles. The second kappa shape index (κ2) is 9.39. The van der Waals surface area contributed by atoms with Crippen molar-refractivity contribution >= 4 is 21.6 Å². The van der Waals surface area contributed by atoms with Crippen molar-refractivity contribution in [3.63, 3.8) is 0 Å². The molecule has 0 aliphatic carbocycles. The van der Waals surface area contributed by atoms with E-state index in [-0.39, 0.29) is 18.6 Å². The summed E-state index contributed by atoms with van der Waals surface area (Å²) in [5, 5.41) is 4.05. The zero-order valence-corrected chi connectivity index (χ0v) is 18.4. The van der Waals surface area contributed by atoms with Crippen LogP contribution in [-0.4, -0.2) is 48.8 Å². The van der Waals surface area contributed by atoms with Crippen molar-refractivity contribution < 1.29 is 22.5 Å². The van der Waals surface area contributed by atoms with E-state index in [2.05, 4.69) is 14.9 Å². The van der Waals surface area contributed by atoms with Crippen molar-refractivity contribution in [1.82, 2.24) is 15.0 Å². The second-order valence-electron chi connectivity index (χ2n) is 7.61. The maximum atomic E-state index is 12.9. The Morgan fingerprint density at radius 1 is 1.19 bits per heavy atom. The number of carbonyl (C=O) groups excluding carboxylic acids is 1. The lowest BCUT2D eigenvalue weighted by Gasteiger charge is -2.33. The number of amides is 1. The fourth-order valence-corrected chi connectivity index (χ4v) is 4.21. The number of aromatic nitrogens is 2. The van der Waals surface area contributed by atoms with Crippen molar-refractivity contribution in [3.05, 3.63) is 60.5 Å². The molecular weight excluding hydrogens is 432 g/mol. The fourth-order valence-electron chi connectivity index (χ4n) is 3.66. The monoisotopic (exact) mass is 456 g/mol. The maximum Gasteiger partial charge on any atom is 0.261 e. The zero-order chi connectivity index (χ0) is 22.6. The van der Waals surface area contributed by atoms with Gasteiger partial charge in [0.1, 0.15) is 11.8 Å². The average Bonchev–Trinajstić information content (AvgIpc) is 3.27. The Kier molecular flexibility index (Phi) is 6.40. The molecule has 1 saturated heterocycles. The highest BCUT2D eigenvalue weighted by Crippen LogP contribution is 2.31. The summed E-state index contributed by atoms with van der Waals surface area (Å²) in [6, 6.07) is 15.6. The van der Waals surface area contributed by atoms with Crippen LogP contribution in [-0.2, 0) is 14.8 Å². The number of piperidine rings is 1. The van der Waals surface area contributed by atoms with Crippen LogP contribution in [0.15, 0.2) is 59.1 Å². The first kappa shape index (κ1) is 21.8. The van der Waals surface area contributed by atoms with Crippen molar-refractivity contribution in [3.8, 4) is 17.1 Å². The molecule has 1 atom stereocenters. The van der Waals surface area contributed by atoms with Gasteiger partial charge in [-0.15, -0.1) is 0 Å². The number of rotatable bonds is 7. The van der Waals surface area contributed by atoms with Crippen LogP contribution in [0.3, 0.4) is 0 Å². The number of hydrogen-bond donors (Lipinski definition) is 1. The van der Waals surface area contributed by atoms with Gasteiger partial charge in [-0.05, 0) is 43.5 Å². The summed E-state index contributed by atoms with van der Waals surface area (Å²) in [6.07, 6.45) is 3.64. The lowest BCUT2D eigenvalue weighted by Crippen LogP contribution is -2.41. The summed E-state index contributed by atoms with van der Waals surface area (Å²) in [5.41, 5.74) is 1.01. The van der Waals surface area contributed by atoms with E-state index in [1.807, 2.05) is 18.2 Å². The lowest BCUT2D eigenvalue weighted by atomic mass is 10.0. The summed E-state index contributed by atoms with van der Waals surface area (Å²) in [7, 11) is -3.40. The number of likely N-dealkylation sites (tertiary alicyclic amines) is 1. The Labute approximate surface area is 186 Å². The topological polar surface area (TPSA) is 115 Å². The normalized spacial score (nSPS) is 16.5. The third-order valence-electron chi connectivity index (χ3n) is 5.08. The number of nitrogens with zero attached hydrogens (tertiary/aromatic N) is 3. The molecular formula is C22H24N4O5S. The zero-order valence-electron chi connectivity index (χ0n) is 17.6. The van der Waals surface area contributed by atoms with Gasteiger partial charge in [0.2, 0.25) is 21.7 Å². The van der Waals surface area contributed by atoms with Gasteiger partial charge >= 0.3 is 0 Å². The number of sulfonamides is 1. The predicted octanol–water partition coefficient (Wildman–Crippen LogP) is 3.24. The van der Waals surface area contributed by atoms with E-state index in [1.54, 1.807) is 41.3 Å². The van der Waals surface area contributed by atoms with Crippen molar-refractivity contribution in [2.75, 3.05) is 24.1 Å². The molecule has 9 nitrogen and oxygen atoms in total. The van der Waals surface area contributed by atoms with Crippen LogP contribution in [0.2, 0.25) is 0 Å². The Morgan fingerprint density at radius 3 is 2.78 bits per heavy atom. The molecule has 0 saturated carbocycles. The van der Waals surface area contributed by atoms with Crippen LogP contribution in [0.1, 0.15) is 31.2 Å². The van der Waals surface area contributed by atoms with E-state index in [1.165, 1.54) is 0 Å². The molecule has 0 radical (unpaired) electrons. The molecule has 1 fully saturated rings. The van der Waals surface area contributed by atoms with Gasteiger partial charge in [-0.1, -0.05) is 35.5 Å². The summed E-state index contributed by atoms with van der Waals surface area (Å²) in [6.45, 7) is 0.522. The van der Waals surface area contributed by atoms with E-state index in [0.29, 0.717) is 41.7 Å². The molecule has 1 unspecified atom stereocenters. The minimum atomic E-state index is -3.40. The van der Waals surface area contributed by atoms with Gasteiger partial charge in [0.25, 0.3) is 5.91 Å². The molecule has 3 aromatic rings. The predicted molar refractivity (Wildman–Crippen MR) is 118 cm³/mol. The Hall–Kier alpha value is -3.40. The molecule has 10 heteroatoms. The third kappa shape index (κ3) is 5.44. The molecule has 1 aliphatic heterocycles. The minimum absolute atomic E-state index is 0.0687. The lowest BCUT2D eigenvalue weighted by molar-refractivity contribution is -0.138. The van der Waals surface area contributed by atoms with Gasteiger partial charge in [-0.2, -0.15) is 4.98 Å². The number of carbonyl (C=O) groups is 1. The molecule has 0 bridgehead atoms. The largest absolute Gasteiger partial charge is 0.484 e. The fraction of sp³-hybridized carbons (Fsp3) is 0.318. The summed E-state index contributed by atoms with van der Waals surface area (Å²) in [5.74, 6) is 1.18. The Morgan fingerprint density at radius 2 is 2.00 bits per heavy atom. The Bertz CT molecular complexity index is 1180. The number of hydrogen-bond acceptors (Lipinski definition) is 7. The summed E-state index contributed by atoms with van der Waals surface area (Å²) >= 11 is 0. The maximum absolute atomic E-state index is 12.9. The van der Waals surface area contributed by atoms with Gasteiger partial charge < -0.3 is 14.2 Å². The highest BCUT2D eigenvalue weighted by atomic mass is 32.2. The molecule has 0 spiro atoms. The number of ether oxygens (including phenoxy) is 1. The Balaban J connectivity index is 1.49. The minimum Gasteiger partial charge on any atom is -0.484 e. The van der Waals surface area contributed by atoms with E-state index >= 15 is 0 Å². The van der Waals surface area contributed by atoms with E-state index < -0.39 is 10.0 Å². The van der Waals surface area contributed by atoms with E-state index in [0.717, 1.165) is 19.1 Å². The smallest absolute Gasteiger partial charge is 0.261 e. The number of anilines is 1. The first-order valence-corrected chi connectivity index (χ1v) is 12.2. The molecule has 2 aromatic carbocycles. The standard InChI is InChI=1S/C22H24N4O5S/c1-32(28,29)25-17-9-7-8-16(14-17)21-23-22(31-24-21)19-12-5-6-13-26(19)20(27)15-30-18-10-3-2-4-11-18/h2-4,7-11,14,19,25H,5-6,12-13,15H2,1H3. The van der Waals surface area contributed by atoms with Gasteiger partial charge in [0.05, 0.1) is 6.26 Å². The molecule has 168 valence electrons. The SMILES string of the molecule is CS(=O)(=O)Nc1cccc(-c2noc(C3CCCCN3C(=O)COc3ccccc3)n2)c1. The molecule has 1 N–H and O–H groups in total. The van der Waals surface area contributed by atoms with Crippen molar-refractivity contribution in [2.45, 2.75) is 25.3 Å². The van der Waals surface area contributed by atoms with Crippen molar-refractivity contribution in [2.24, 2.45) is 0 Å². The van der Waals surface area contributed by atoms with E-state index in [4.69, 9.17) is 9.26 Å². The summed E-state index contributed by atoms with van der Waals surface area (Å²) in [4.78, 5) is 19.1. The van der Waals surface area contributed by atoms with Crippen LogP contribution < -0.4 is 9.46 Å². The van der Waals surface area contributed by atoms with Crippen molar-refractivity contribution in [1.29, 1.82) is 0 Å². The first-order valence-electron chi connectivity index (χ1n) is 10.3. The quantitative estimate of drug-likeness (QED) is 0.580. The van der Waals surface area contributed by atoms with Crippen LogP contribution in [0.25, 0.3) is 11.4 Å². The van der Waals surface area contributed by atoms with Crippen LogP contribution >= 0.6 is 0 Å². The van der Waals surface area contributed by atoms with Crippen LogP contribution in [0.4, 0.5) is 5.69 Å². The van der Waals surface area contributed by atoms with Gasteiger partial charge in [0.15, 0.2) is 6.61 Å². The molecule has 32 heavy (non-hydrogen) atoms. The second-order valence-corrected chi connectivity index (χ2v) is 9.36. The highest BCUT2D eigenvalue weighted by Gasteiger charge is 2.32. The van der Waals surface area contributed by atoms with Gasteiger partial charge in [-0.3, -0.25) is 9.52 Å². The number of nitrogens with one attached hydrogen (secondary N) is 1. The molecule has 1 amide bonds. The van der Waals surface area contributed by atoms with Crippen LogP contribution in [0.5, 0.6) is 5.75 Å². The van der Waals surface area contributed by atoms with Gasteiger partial charge in [-0.25, -0.2) is 8.42 Å². The molecule has 1 aliphatic rings. The first-order chi connectivity index (χ1) is 15.4. The highest BCUT2D eigenvalue weighted by molar-refractivity contribution is 7.92. The molecule has 4 rings (SSSR count). The average molecular weight is 457 g/mol. The molecule has 2 heterocycles. The van der Waals surface area contributed by atoms with E-state index in [9.17, 15) is 13.2 Å². The number of benzene rings is 2.